The Balaban J connectivity index is 1.69. The molecule has 0 saturated heterocycles. The number of amides is 2. The first-order chi connectivity index (χ1) is 17.8. The van der Waals surface area contributed by atoms with Gasteiger partial charge in [-0.25, -0.2) is 9.78 Å². The Morgan fingerprint density at radius 1 is 1.00 bits per heavy atom. The van der Waals surface area contributed by atoms with Crippen molar-refractivity contribution in [2.75, 3.05) is 13.7 Å². The number of oxazole rings is 1. The van der Waals surface area contributed by atoms with Gasteiger partial charge in [-0.15, -0.1) is 0 Å². The lowest BCUT2D eigenvalue weighted by atomic mass is 10.1. The topological polar surface area (TPSA) is 131 Å². The predicted octanol–water partition coefficient (Wildman–Crippen LogP) is 5.27. The number of carbonyl (C=O) groups is 3. The van der Waals surface area contributed by atoms with Gasteiger partial charge in [-0.2, -0.15) is 0 Å². The molecule has 0 aliphatic carbocycles. The molecule has 2 rings (SSSR count). The van der Waals surface area contributed by atoms with Gasteiger partial charge in [-0.05, 0) is 56.9 Å². The van der Waals surface area contributed by atoms with Crippen molar-refractivity contribution in [3.05, 3.63) is 35.7 Å². The molecule has 1 unspecified atom stereocenters. The number of benzene rings is 1. The number of nitrogens with zero attached hydrogens (tertiary/aromatic N) is 1. The van der Waals surface area contributed by atoms with Crippen LogP contribution in [0.3, 0.4) is 0 Å². The van der Waals surface area contributed by atoms with Crippen LogP contribution in [-0.4, -0.2) is 47.6 Å². The van der Waals surface area contributed by atoms with Gasteiger partial charge in [0.1, 0.15) is 17.6 Å². The third kappa shape index (κ3) is 10.7. The number of carboxylic acid groups (broad SMARTS) is 1. The molecule has 1 aromatic carbocycles. The van der Waals surface area contributed by atoms with Crippen LogP contribution in [0.2, 0.25) is 0 Å². The van der Waals surface area contributed by atoms with E-state index in [-0.39, 0.29) is 17.5 Å². The van der Waals surface area contributed by atoms with Gasteiger partial charge in [-0.1, -0.05) is 45.4 Å². The van der Waals surface area contributed by atoms with Crippen molar-refractivity contribution in [2.24, 2.45) is 0 Å². The minimum Gasteiger partial charge on any atom is -0.497 e. The second-order valence-electron chi connectivity index (χ2n) is 9.23. The van der Waals surface area contributed by atoms with Gasteiger partial charge in [0.15, 0.2) is 5.69 Å². The van der Waals surface area contributed by atoms with Gasteiger partial charge >= 0.3 is 5.97 Å². The minimum absolute atomic E-state index is 0.215. The summed E-state index contributed by atoms with van der Waals surface area (Å²) in [4.78, 5) is 40.6. The fourth-order valence-electron chi connectivity index (χ4n) is 3.99. The second kappa shape index (κ2) is 16.4. The van der Waals surface area contributed by atoms with Crippen LogP contribution in [-0.2, 0) is 9.59 Å². The molecule has 2 amide bonds. The number of methoxy groups -OCH3 is 1. The lowest BCUT2D eigenvalue weighted by Gasteiger charge is -2.14. The van der Waals surface area contributed by atoms with Crippen LogP contribution in [0.15, 0.2) is 28.7 Å². The van der Waals surface area contributed by atoms with Crippen LogP contribution < -0.4 is 15.4 Å². The first-order valence-corrected chi connectivity index (χ1v) is 13.3. The van der Waals surface area contributed by atoms with Crippen LogP contribution >= 0.6 is 0 Å². The molecule has 2 aromatic rings. The van der Waals surface area contributed by atoms with Crippen molar-refractivity contribution in [1.82, 2.24) is 15.6 Å². The molecule has 204 valence electrons. The molecule has 9 nitrogen and oxygen atoms in total. The van der Waals surface area contributed by atoms with E-state index in [4.69, 9.17) is 9.15 Å². The van der Waals surface area contributed by atoms with Crippen LogP contribution in [0.5, 0.6) is 5.75 Å². The van der Waals surface area contributed by atoms with Gasteiger partial charge in [-0.3, -0.25) is 9.59 Å². The average molecular weight is 516 g/mol. The van der Waals surface area contributed by atoms with Crippen molar-refractivity contribution in [3.63, 3.8) is 0 Å². The van der Waals surface area contributed by atoms with Crippen molar-refractivity contribution < 1.29 is 28.6 Å². The zero-order chi connectivity index (χ0) is 27.0. The molecule has 0 saturated carbocycles. The highest BCUT2D eigenvalue weighted by Gasteiger charge is 2.20. The SMILES string of the molecule is CCCCCCCCCC(=O)NC(CCCCNC(=O)c1nc(-c2ccc(OC)cc2)oc1C)C(=O)O. The normalized spacial score (nSPS) is 11.6. The maximum atomic E-state index is 12.6. The first kappa shape index (κ1) is 29.9. The first-order valence-electron chi connectivity index (χ1n) is 13.3. The van der Waals surface area contributed by atoms with Crippen molar-refractivity contribution in [2.45, 2.75) is 90.5 Å². The number of carbonyl (C=O) groups excluding carboxylic acids is 2. The van der Waals surface area contributed by atoms with E-state index in [9.17, 15) is 19.5 Å². The zero-order valence-corrected chi connectivity index (χ0v) is 22.3. The molecular formula is C28H41N3O6. The summed E-state index contributed by atoms with van der Waals surface area (Å²) in [6.07, 6.45) is 9.51. The highest BCUT2D eigenvalue weighted by molar-refractivity contribution is 5.93. The summed E-state index contributed by atoms with van der Waals surface area (Å²) in [6.45, 7) is 4.22. The lowest BCUT2D eigenvalue weighted by molar-refractivity contribution is -0.142. The van der Waals surface area contributed by atoms with Crippen molar-refractivity contribution >= 4 is 17.8 Å². The third-order valence-electron chi connectivity index (χ3n) is 6.19. The van der Waals surface area contributed by atoms with Crippen molar-refractivity contribution in [1.29, 1.82) is 0 Å². The van der Waals surface area contributed by atoms with Crippen molar-refractivity contribution in [3.8, 4) is 17.2 Å². The molecule has 0 bridgehead atoms. The van der Waals surface area contributed by atoms with E-state index >= 15 is 0 Å². The molecule has 0 radical (unpaired) electrons. The van der Waals surface area contributed by atoms with E-state index in [1.165, 1.54) is 25.7 Å². The number of aryl methyl sites for hydroxylation is 1. The standard InChI is InChI=1S/C28H41N3O6/c1-4-5-6-7-8-9-10-14-24(32)30-23(28(34)35)13-11-12-19-29-26(33)25-20(2)37-27(31-25)21-15-17-22(36-3)18-16-21/h15-18,23H,4-14,19H2,1-3H3,(H,29,33)(H,30,32)(H,34,35). The van der Waals surface area contributed by atoms with Gasteiger partial charge in [0.05, 0.1) is 7.11 Å². The average Bonchev–Trinajstić information content (AvgIpc) is 3.28. The fraction of sp³-hybridized carbons (Fsp3) is 0.571. The third-order valence-corrected chi connectivity index (χ3v) is 6.19. The summed E-state index contributed by atoms with van der Waals surface area (Å²) >= 11 is 0. The van der Waals surface area contributed by atoms with Crippen LogP contribution in [0.1, 0.15) is 93.8 Å². The molecule has 0 spiro atoms. The number of nitrogens with one attached hydrogen (secondary N) is 2. The molecular weight excluding hydrogens is 474 g/mol. The molecule has 1 heterocycles. The van der Waals surface area contributed by atoms with Gasteiger partial charge < -0.3 is 24.9 Å². The Kier molecular flexibility index (Phi) is 13.2. The second-order valence-corrected chi connectivity index (χ2v) is 9.23. The number of aromatic nitrogens is 1. The Hall–Kier alpha value is -3.36. The summed E-state index contributed by atoms with van der Waals surface area (Å²) in [5, 5.41) is 14.9. The van der Waals surface area contributed by atoms with E-state index in [2.05, 4.69) is 22.5 Å². The largest absolute Gasteiger partial charge is 0.497 e. The van der Waals surface area contributed by atoms with E-state index < -0.39 is 12.0 Å². The Labute approximate surface area is 219 Å². The maximum absolute atomic E-state index is 12.6. The highest BCUT2D eigenvalue weighted by Crippen LogP contribution is 2.24. The zero-order valence-electron chi connectivity index (χ0n) is 22.3. The molecule has 9 heteroatoms. The summed E-state index contributed by atoms with van der Waals surface area (Å²) in [5.74, 6) is -0.133. The number of unbranched alkanes of at least 4 members (excludes halogenated alkanes) is 7. The molecule has 1 atom stereocenters. The number of hydrogen-bond donors (Lipinski definition) is 3. The minimum atomic E-state index is -1.04. The van der Waals surface area contributed by atoms with E-state index in [0.717, 1.165) is 24.8 Å². The van der Waals surface area contributed by atoms with E-state index in [0.29, 0.717) is 49.6 Å². The van der Waals surface area contributed by atoms with E-state index in [1.54, 1.807) is 38.3 Å². The number of aliphatic carboxylic acids is 1. The van der Waals surface area contributed by atoms with Crippen LogP contribution in [0, 0.1) is 6.92 Å². The van der Waals surface area contributed by atoms with Crippen LogP contribution in [0.4, 0.5) is 0 Å². The number of hydrogen-bond acceptors (Lipinski definition) is 6. The maximum Gasteiger partial charge on any atom is 0.326 e. The molecule has 3 N–H and O–H groups in total. The van der Waals surface area contributed by atoms with Gasteiger partial charge in [0.2, 0.25) is 11.8 Å². The quantitative estimate of drug-likeness (QED) is 0.231. The molecule has 0 aliphatic rings. The summed E-state index contributed by atoms with van der Waals surface area (Å²) in [6, 6.07) is 6.27. The van der Waals surface area contributed by atoms with Gasteiger partial charge in [0, 0.05) is 18.5 Å². The van der Waals surface area contributed by atoms with E-state index in [1.807, 2.05) is 0 Å². The fourth-order valence-corrected chi connectivity index (χ4v) is 3.99. The number of ether oxygens (including phenoxy) is 1. The Bertz CT molecular complexity index is 986. The Morgan fingerprint density at radius 3 is 2.32 bits per heavy atom. The number of rotatable bonds is 18. The predicted molar refractivity (Wildman–Crippen MR) is 142 cm³/mol. The molecule has 37 heavy (non-hydrogen) atoms. The summed E-state index contributed by atoms with van der Waals surface area (Å²) < 4.78 is 10.8. The molecule has 0 aliphatic heterocycles. The highest BCUT2D eigenvalue weighted by atomic mass is 16.5. The summed E-state index contributed by atoms with van der Waals surface area (Å²) in [7, 11) is 1.59. The van der Waals surface area contributed by atoms with Crippen LogP contribution in [0.25, 0.3) is 11.5 Å². The van der Waals surface area contributed by atoms with Gasteiger partial charge in [0.25, 0.3) is 5.91 Å². The number of carboxylic acids is 1. The monoisotopic (exact) mass is 515 g/mol. The summed E-state index contributed by atoms with van der Waals surface area (Å²) in [5.41, 5.74) is 0.948. The molecule has 1 aromatic heterocycles. The smallest absolute Gasteiger partial charge is 0.326 e. The lowest BCUT2D eigenvalue weighted by Crippen LogP contribution is -2.40. The molecule has 0 fully saturated rings. The Morgan fingerprint density at radius 2 is 1.68 bits per heavy atom.